The summed E-state index contributed by atoms with van der Waals surface area (Å²) >= 11 is 0. The van der Waals surface area contributed by atoms with Crippen LogP contribution in [0.2, 0.25) is 0 Å². The number of carbonyl (C=O) groups excluding carboxylic acids is 1. The number of amides is 1. The normalized spacial score (nSPS) is 10.6. The van der Waals surface area contributed by atoms with Crippen LogP contribution in [-0.4, -0.2) is 23.5 Å². The van der Waals surface area contributed by atoms with Crippen LogP contribution in [0.5, 0.6) is 0 Å². The van der Waals surface area contributed by atoms with Gasteiger partial charge in [0, 0.05) is 17.8 Å². The third kappa shape index (κ3) is 3.77. The molecule has 4 nitrogen and oxygen atoms in total. The summed E-state index contributed by atoms with van der Waals surface area (Å²) in [5.74, 6) is -0.846. The maximum absolute atomic E-state index is 12.9. The minimum absolute atomic E-state index is 0.120. The summed E-state index contributed by atoms with van der Waals surface area (Å²) in [6.07, 6.45) is 0. The van der Waals surface area contributed by atoms with E-state index in [4.69, 9.17) is 0 Å². The number of carbonyl (C=O) groups is 2. The van der Waals surface area contributed by atoms with Gasteiger partial charge in [-0.05, 0) is 42.7 Å². The van der Waals surface area contributed by atoms with Crippen molar-refractivity contribution in [2.45, 2.75) is 20.8 Å². The third-order valence-electron chi connectivity index (χ3n) is 3.64. The average molecular weight is 311 g/mol. The van der Waals surface area contributed by atoms with Crippen molar-refractivity contribution in [2.75, 3.05) is 11.4 Å². The van der Waals surface area contributed by atoms with Crippen LogP contribution in [0.3, 0.4) is 0 Å². The molecule has 0 aliphatic heterocycles. The van der Waals surface area contributed by atoms with Crippen LogP contribution < -0.4 is 4.90 Å². The Labute approximate surface area is 136 Å². The molecule has 0 aromatic heterocycles. The first kappa shape index (κ1) is 16.7. The molecule has 0 atom stereocenters. The van der Waals surface area contributed by atoms with Crippen molar-refractivity contribution in [2.24, 2.45) is 5.92 Å². The predicted molar refractivity (Wildman–Crippen MR) is 91.1 cm³/mol. The minimum Gasteiger partial charge on any atom is -0.478 e. The number of anilines is 1. The minimum atomic E-state index is -0.985. The number of carboxylic acid groups (broad SMARTS) is 1. The lowest BCUT2D eigenvalue weighted by atomic mass is 10.0. The van der Waals surface area contributed by atoms with Gasteiger partial charge in [0.2, 0.25) is 0 Å². The van der Waals surface area contributed by atoms with Crippen LogP contribution in [0.15, 0.2) is 48.5 Å². The Bertz CT molecular complexity index is 708. The first-order chi connectivity index (χ1) is 10.9. The number of carboxylic acids is 1. The highest BCUT2D eigenvalue weighted by molar-refractivity contribution is 6.07. The Morgan fingerprint density at radius 1 is 1.04 bits per heavy atom. The Hall–Kier alpha value is -2.62. The summed E-state index contributed by atoms with van der Waals surface area (Å²) in [7, 11) is 0. The summed E-state index contributed by atoms with van der Waals surface area (Å²) in [6.45, 7) is 6.32. The van der Waals surface area contributed by atoms with Crippen LogP contribution in [0.4, 0.5) is 5.69 Å². The summed E-state index contributed by atoms with van der Waals surface area (Å²) in [5, 5.41) is 9.31. The van der Waals surface area contributed by atoms with Gasteiger partial charge in [-0.3, -0.25) is 4.79 Å². The van der Waals surface area contributed by atoms with Gasteiger partial charge < -0.3 is 10.0 Å². The molecule has 0 heterocycles. The summed E-state index contributed by atoms with van der Waals surface area (Å²) in [4.78, 5) is 25.9. The molecule has 0 aliphatic rings. The molecule has 0 spiro atoms. The molecular weight excluding hydrogens is 290 g/mol. The summed E-state index contributed by atoms with van der Waals surface area (Å²) < 4.78 is 0. The molecule has 0 radical (unpaired) electrons. The van der Waals surface area contributed by atoms with Crippen LogP contribution >= 0.6 is 0 Å². The molecule has 4 heteroatoms. The highest BCUT2D eigenvalue weighted by atomic mass is 16.4. The average Bonchev–Trinajstić information content (AvgIpc) is 2.53. The fourth-order valence-corrected chi connectivity index (χ4v) is 2.54. The number of benzene rings is 2. The van der Waals surface area contributed by atoms with Gasteiger partial charge in [0.05, 0.1) is 5.56 Å². The summed E-state index contributed by atoms with van der Waals surface area (Å²) in [6, 6.07) is 14.1. The molecule has 23 heavy (non-hydrogen) atoms. The number of nitrogens with zero attached hydrogens (tertiary/aromatic N) is 1. The van der Waals surface area contributed by atoms with Crippen molar-refractivity contribution in [3.8, 4) is 0 Å². The lowest BCUT2D eigenvalue weighted by Gasteiger charge is -2.27. The topological polar surface area (TPSA) is 57.6 Å². The van der Waals surface area contributed by atoms with Crippen molar-refractivity contribution >= 4 is 17.6 Å². The molecule has 0 fully saturated rings. The van der Waals surface area contributed by atoms with Gasteiger partial charge in [-0.1, -0.05) is 38.1 Å². The van der Waals surface area contributed by atoms with E-state index in [0.29, 0.717) is 23.4 Å². The molecule has 0 saturated heterocycles. The van der Waals surface area contributed by atoms with Gasteiger partial charge in [0.1, 0.15) is 0 Å². The molecule has 1 amide bonds. The quantitative estimate of drug-likeness (QED) is 0.908. The van der Waals surface area contributed by atoms with Gasteiger partial charge in [-0.25, -0.2) is 4.79 Å². The van der Waals surface area contributed by atoms with Crippen molar-refractivity contribution in [3.63, 3.8) is 0 Å². The zero-order valence-electron chi connectivity index (χ0n) is 13.6. The van der Waals surface area contributed by atoms with E-state index in [2.05, 4.69) is 0 Å². The van der Waals surface area contributed by atoms with Crippen molar-refractivity contribution < 1.29 is 14.7 Å². The Morgan fingerprint density at radius 3 is 2.26 bits per heavy atom. The van der Waals surface area contributed by atoms with Crippen molar-refractivity contribution in [1.29, 1.82) is 0 Å². The van der Waals surface area contributed by atoms with Gasteiger partial charge in [-0.15, -0.1) is 0 Å². The van der Waals surface area contributed by atoms with Gasteiger partial charge in [0.15, 0.2) is 0 Å². The van der Waals surface area contributed by atoms with Gasteiger partial charge in [0.25, 0.3) is 5.91 Å². The summed E-state index contributed by atoms with van der Waals surface area (Å²) in [5.41, 5.74) is 2.06. The molecular formula is C19H21NO3. The highest BCUT2D eigenvalue weighted by Crippen LogP contribution is 2.26. The second-order valence-corrected chi connectivity index (χ2v) is 5.93. The molecule has 2 aromatic rings. The standard InChI is InChI=1S/C19H21NO3/c1-13(2)12-20(18(21)15-8-5-4-6-9-15)17-11-7-10-16(14(17)3)19(22)23/h4-11,13H,12H2,1-3H3,(H,22,23). The molecule has 0 aliphatic carbocycles. The van der Waals surface area contributed by atoms with Crippen molar-refractivity contribution in [3.05, 3.63) is 65.2 Å². The fraction of sp³-hybridized carbons (Fsp3) is 0.263. The monoisotopic (exact) mass is 311 g/mol. The molecule has 0 bridgehead atoms. The Morgan fingerprint density at radius 2 is 1.70 bits per heavy atom. The lowest BCUT2D eigenvalue weighted by molar-refractivity contribution is 0.0695. The third-order valence-corrected chi connectivity index (χ3v) is 3.64. The molecule has 2 rings (SSSR count). The number of hydrogen-bond acceptors (Lipinski definition) is 2. The van der Waals surface area contributed by atoms with Crippen molar-refractivity contribution in [1.82, 2.24) is 0 Å². The van der Waals surface area contributed by atoms with Gasteiger partial charge >= 0.3 is 5.97 Å². The van der Waals surface area contributed by atoms with Crippen LogP contribution in [0, 0.1) is 12.8 Å². The first-order valence-corrected chi connectivity index (χ1v) is 7.61. The molecule has 120 valence electrons. The van der Waals surface area contributed by atoms with E-state index >= 15 is 0 Å². The van der Waals surface area contributed by atoms with E-state index in [0.717, 1.165) is 0 Å². The highest BCUT2D eigenvalue weighted by Gasteiger charge is 2.22. The fourth-order valence-electron chi connectivity index (χ4n) is 2.54. The van der Waals surface area contributed by atoms with Crippen LogP contribution in [-0.2, 0) is 0 Å². The van der Waals surface area contributed by atoms with Gasteiger partial charge in [-0.2, -0.15) is 0 Å². The zero-order valence-corrected chi connectivity index (χ0v) is 13.6. The predicted octanol–water partition coefficient (Wildman–Crippen LogP) is 4.00. The molecule has 1 N–H and O–H groups in total. The van der Waals surface area contributed by atoms with E-state index in [1.807, 2.05) is 32.0 Å². The van der Waals surface area contributed by atoms with Crippen LogP contribution in [0.25, 0.3) is 0 Å². The molecule has 0 saturated carbocycles. The number of aromatic carboxylic acids is 1. The number of hydrogen-bond donors (Lipinski definition) is 1. The molecule has 2 aromatic carbocycles. The maximum atomic E-state index is 12.9. The Kier molecular flexibility index (Phi) is 5.16. The SMILES string of the molecule is Cc1c(C(=O)O)cccc1N(CC(C)C)C(=O)c1ccccc1. The second kappa shape index (κ2) is 7.09. The van der Waals surface area contributed by atoms with E-state index in [1.165, 1.54) is 0 Å². The van der Waals surface area contributed by atoms with E-state index in [1.54, 1.807) is 42.2 Å². The first-order valence-electron chi connectivity index (χ1n) is 7.61. The molecule has 0 unspecified atom stereocenters. The van der Waals surface area contributed by atoms with E-state index in [9.17, 15) is 14.7 Å². The zero-order chi connectivity index (χ0) is 17.0. The lowest BCUT2D eigenvalue weighted by Crippen LogP contribution is -2.35. The van der Waals surface area contributed by atoms with E-state index < -0.39 is 5.97 Å². The largest absolute Gasteiger partial charge is 0.478 e. The van der Waals surface area contributed by atoms with Crippen LogP contribution in [0.1, 0.15) is 40.1 Å². The number of rotatable bonds is 5. The van der Waals surface area contributed by atoms with E-state index in [-0.39, 0.29) is 17.4 Å². The maximum Gasteiger partial charge on any atom is 0.336 e. The smallest absolute Gasteiger partial charge is 0.336 e. The Balaban J connectivity index is 2.50. The second-order valence-electron chi connectivity index (χ2n) is 5.93.